The Labute approximate surface area is 93.2 Å². The maximum Gasteiger partial charge on any atom is 0.247 e. The third-order valence-electron chi connectivity index (χ3n) is 2.65. The number of rotatable bonds is 2. The van der Waals surface area contributed by atoms with E-state index >= 15 is 0 Å². The van der Waals surface area contributed by atoms with E-state index in [0.29, 0.717) is 12.1 Å². The van der Waals surface area contributed by atoms with Gasteiger partial charge >= 0.3 is 0 Å². The van der Waals surface area contributed by atoms with Crippen molar-refractivity contribution in [1.82, 2.24) is 15.1 Å². The van der Waals surface area contributed by atoms with Gasteiger partial charge in [-0.2, -0.15) is 5.10 Å². The van der Waals surface area contributed by atoms with Crippen LogP contribution in [0, 0.1) is 0 Å². The molecule has 2 heterocycles. The Morgan fingerprint density at radius 1 is 1.56 bits per heavy atom. The summed E-state index contributed by atoms with van der Waals surface area (Å²) in [7, 11) is 1.78. The minimum Gasteiger partial charge on any atom is -0.345 e. The molecule has 6 heteroatoms. The maximum atomic E-state index is 11.8. The SMILES string of the molecule is CCC1C(=O)NCC(=O)N1c1cnn(C)c1. The Morgan fingerprint density at radius 2 is 2.31 bits per heavy atom. The molecule has 86 valence electrons. The molecular formula is C10H14N4O2. The number of carbonyl (C=O) groups excluding carboxylic acids is 2. The van der Waals surface area contributed by atoms with Crippen molar-refractivity contribution in [2.24, 2.45) is 7.05 Å². The first-order chi connectivity index (χ1) is 7.63. The molecule has 16 heavy (non-hydrogen) atoms. The number of carbonyl (C=O) groups is 2. The lowest BCUT2D eigenvalue weighted by Crippen LogP contribution is -2.58. The number of amides is 2. The van der Waals surface area contributed by atoms with Crippen LogP contribution in [0.1, 0.15) is 13.3 Å². The lowest BCUT2D eigenvalue weighted by molar-refractivity contribution is -0.131. The fourth-order valence-electron chi connectivity index (χ4n) is 1.88. The highest BCUT2D eigenvalue weighted by atomic mass is 16.2. The summed E-state index contributed by atoms with van der Waals surface area (Å²) in [5.74, 6) is -0.203. The van der Waals surface area contributed by atoms with Crippen molar-refractivity contribution in [3.8, 4) is 0 Å². The van der Waals surface area contributed by atoms with Crippen molar-refractivity contribution in [2.45, 2.75) is 19.4 Å². The molecule has 6 nitrogen and oxygen atoms in total. The Hall–Kier alpha value is -1.85. The molecule has 2 amide bonds. The van der Waals surface area contributed by atoms with Crippen LogP contribution in [-0.2, 0) is 16.6 Å². The van der Waals surface area contributed by atoms with Crippen LogP contribution in [0.2, 0.25) is 0 Å². The molecule has 0 aliphatic carbocycles. The number of aryl methyl sites for hydroxylation is 1. The van der Waals surface area contributed by atoms with Gasteiger partial charge in [-0.15, -0.1) is 0 Å². The molecule has 1 N–H and O–H groups in total. The van der Waals surface area contributed by atoms with Gasteiger partial charge in [0.05, 0.1) is 18.4 Å². The third kappa shape index (κ3) is 1.66. The molecule has 1 aromatic heterocycles. The van der Waals surface area contributed by atoms with Crippen LogP contribution in [0.3, 0.4) is 0 Å². The summed E-state index contributed by atoms with van der Waals surface area (Å²) in [5, 5.41) is 6.59. The lowest BCUT2D eigenvalue weighted by Gasteiger charge is -2.33. The third-order valence-corrected chi connectivity index (χ3v) is 2.65. The quantitative estimate of drug-likeness (QED) is 0.744. The monoisotopic (exact) mass is 222 g/mol. The highest BCUT2D eigenvalue weighted by Crippen LogP contribution is 2.20. The van der Waals surface area contributed by atoms with Gasteiger partial charge in [0.15, 0.2) is 0 Å². The minimum absolute atomic E-state index is 0.0597. The number of nitrogens with zero attached hydrogens (tertiary/aromatic N) is 3. The molecule has 0 spiro atoms. The van der Waals surface area contributed by atoms with Gasteiger partial charge < -0.3 is 5.32 Å². The number of nitrogens with one attached hydrogen (secondary N) is 1. The first-order valence-electron chi connectivity index (χ1n) is 5.22. The molecule has 0 saturated carbocycles. The Kier molecular flexibility index (Phi) is 2.64. The molecule has 0 radical (unpaired) electrons. The molecule has 1 fully saturated rings. The van der Waals surface area contributed by atoms with E-state index in [1.165, 1.54) is 4.90 Å². The van der Waals surface area contributed by atoms with E-state index in [-0.39, 0.29) is 18.4 Å². The van der Waals surface area contributed by atoms with Gasteiger partial charge in [-0.1, -0.05) is 6.92 Å². The standard InChI is InChI=1S/C10H14N4O2/c1-3-8-10(16)11-5-9(15)14(8)7-4-12-13(2)6-7/h4,6,8H,3,5H2,1-2H3,(H,11,16). The predicted molar refractivity (Wildman–Crippen MR) is 57.8 cm³/mol. The van der Waals surface area contributed by atoms with E-state index < -0.39 is 6.04 Å². The summed E-state index contributed by atoms with van der Waals surface area (Å²) < 4.78 is 1.61. The maximum absolute atomic E-state index is 11.8. The zero-order valence-electron chi connectivity index (χ0n) is 9.30. The molecule has 2 rings (SSSR count). The van der Waals surface area contributed by atoms with E-state index in [4.69, 9.17) is 0 Å². The highest BCUT2D eigenvalue weighted by Gasteiger charge is 2.34. The Bertz CT molecular complexity index is 426. The molecule has 1 aromatic rings. The van der Waals surface area contributed by atoms with Crippen LogP contribution in [0.15, 0.2) is 12.4 Å². The number of hydrogen-bond donors (Lipinski definition) is 1. The minimum atomic E-state index is -0.426. The molecule has 1 atom stereocenters. The van der Waals surface area contributed by atoms with Crippen LogP contribution < -0.4 is 10.2 Å². The van der Waals surface area contributed by atoms with Gasteiger partial charge in [0.25, 0.3) is 0 Å². The van der Waals surface area contributed by atoms with Crippen molar-refractivity contribution in [2.75, 3.05) is 11.4 Å². The van der Waals surface area contributed by atoms with E-state index in [0.717, 1.165) is 0 Å². The molecule has 1 aliphatic heterocycles. The summed E-state index contributed by atoms with van der Waals surface area (Å²) in [6, 6.07) is -0.426. The summed E-state index contributed by atoms with van der Waals surface area (Å²) in [4.78, 5) is 24.9. The van der Waals surface area contributed by atoms with Gasteiger partial charge in [-0.25, -0.2) is 0 Å². The van der Waals surface area contributed by atoms with Crippen LogP contribution in [0.25, 0.3) is 0 Å². The molecule has 1 saturated heterocycles. The summed E-state index contributed by atoms with van der Waals surface area (Å²) in [6.45, 7) is 1.94. The number of anilines is 1. The second-order valence-electron chi connectivity index (χ2n) is 3.78. The van der Waals surface area contributed by atoms with Crippen LogP contribution in [0.4, 0.5) is 5.69 Å². The summed E-state index contributed by atoms with van der Waals surface area (Å²) in [6.07, 6.45) is 3.92. The summed E-state index contributed by atoms with van der Waals surface area (Å²) in [5.41, 5.74) is 0.675. The van der Waals surface area contributed by atoms with Crippen LogP contribution >= 0.6 is 0 Å². The van der Waals surface area contributed by atoms with Gasteiger partial charge in [-0.3, -0.25) is 19.2 Å². The second kappa shape index (κ2) is 3.96. The summed E-state index contributed by atoms with van der Waals surface area (Å²) >= 11 is 0. The zero-order valence-corrected chi connectivity index (χ0v) is 9.30. The zero-order chi connectivity index (χ0) is 11.7. The average molecular weight is 222 g/mol. The van der Waals surface area contributed by atoms with Crippen molar-refractivity contribution in [3.05, 3.63) is 12.4 Å². The fourth-order valence-corrected chi connectivity index (χ4v) is 1.88. The number of aromatic nitrogens is 2. The predicted octanol–water partition coefficient (Wildman–Crippen LogP) is -0.338. The van der Waals surface area contributed by atoms with E-state index in [2.05, 4.69) is 10.4 Å². The first kappa shape index (κ1) is 10.7. The fraction of sp³-hybridized carbons (Fsp3) is 0.500. The van der Waals surface area contributed by atoms with Crippen LogP contribution in [-0.4, -0.2) is 34.2 Å². The van der Waals surface area contributed by atoms with E-state index in [1.54, 1.807) is 24.1 Å². The van der Waals surface area contributed by atoms with Crippen molar-refractivity contribution in [3.63, 3.8) is 0 Å². The Morgan fingerprint density at radius 3 is 2.88 bits per heavy atom. The topological polar surface area (TPSA) is 67.2 Å². The molecule has 1 unspecified atom stereocenters. The molecule has 0 bridgehead atoms. The lowest BCUT2D eigenvalue weighted by atomic mass is 10.1. The van der Waals surface area contributed by atoms with Crippen molar-refractivity contribution >= 4 is 17.5 Å². The average Bonchev–Trinajstić information content (AvgIpc) is 2.67. The second-order valence-corrected chi connectivity index (χ2v) is 3.78. The molecule has 0 aromatic carbocycles. The number of piperazine rings is 1. The van der Waals surface area contributed by atoms with Gasteiger partial charge in [0.2, 0.25) is 11.8 Å². The first-order valence-corrected chi connectivity index (χ1v) is 5.22. The van der Waals surface area contributed by atoms with E-state index in [1.807, 2.05) is 6.92 Å². The van der Waals surface area contributed by atoms with Crippen LogP contribution in [0.5, 0.6) is 0 Å². The number of hydrogen-bond acceptors (Lipinski definition) is 3. The van der Waals surface area contributed by atoms with Gasteiger partial charge in [0, 0.05) is 13.2 Å². The smallest absolute Gasteiger partial charge is 0.247 e. The molecule has 1 aliphatic rings. The normalized spacial score (nSPS) is 21.1. The molecular weight excluding hydrogens is 208 g/mol. The highest BCUT2D eigenvalue weighted by molar-refractivity contribution is 6.06. The van der Waals surface area contributed by atoms with Crippen molar-refractivity contribution < 1.29 is 9.59 Å². The van der Waals surface area contributed by atoms with E-state index in [9.17, 15) is 9.59 Å². The largest absolute Gasteiger partial charge is 0.345 e. The van der Waals surface area contributed by atoms with Gasteiger partial charge in [-0.05, 0) is 6.42 Å². The van der Waals surface area contributed by atoms with Crippen molar-refractivity contribution in [1.29, 1.82) is 0 Å². The van der Waals surface area contributed by atoms with Gasteiger partial charge in [0.1, 0.15) is 6.04 Å². The Balaban J connectivity index is 2.34.